The first-order valence-corrected chi connectivity index (χ1v) is 9.43. The topological polar surface area (TPSA) is 85.0 Å². The molecule has 2 heterocycles. The molecule has 0 fully saturated rings. The Morgan fingerprint density at radius 2 is 2.00 bits per heavy atom. The molecule has 3 rings (SSSR count). The van der Waals surface area contributed by atoms with Crippen LogP contribution in [-0.4, -0.2) is 20.9 Å². The number of anilines is 3. The van der Waals surface area contributed by atoms with Crippen LogP contribution in [0.1, 0.15) is 18.3 Å². The molecule has 0 saturated heterocycles. The number of rotatable bonds is 5. The molecule has 0 aliphatic rings. The molecule has 6 nitrogen and oxygen atoms in total. The van der Waals surface area contributed by atoms with Gasteiger partial charge in [-0.1, -0.05) is 30.0 Å². The molecule has 0 spiro atoms. The van der Waals surface area contributed by atoms with Gasteiger partial charge >= 0.3 is 0 Å². The minimum Gasteiger partial charge on any atom is -0.384 e. The maximum absolute atomic E-state index is 12.1. The molecule has 0 atom stereocenters. The third kappa shape index (κ3) is 4.34. The van der Waals surface area contributed by atoms with Crippen molar-refractivity contribution in [1.29, 1.82) is 0 Å². The molecule has 25 heavy (non-hydrogen) atoms. The van der Waals surface area contributed by atoms with Gasteiger partial charge in [-0.3, -0.25) is 9.69 Å². The van der Waals surface area contributed by atoms with Crippen LogP contribution in [0.2, 0.25) is 0 Å². The number of nitrogens with zero attached hydrogens (tertiary/aromatic N) is 4. The van der Waals surface area contributed by atoms with Gasteiger partial charge in [0.25, 0.3) is 0 Å². The van der Waals surface area contributed by atoms with Gasteiger partial charge in [0.15, 0.2) is 10.3 Å². The normalized spacial score (nSPS) is 10.6. The predicted molar refractivity (Wildman–Crippen MR) is 102 cm³/mol. The van der Waals surface area contributed by atoms with Crippen LogP contribution >= 0.6 is 23.1 Å². The van der Waals surface area contributed by atoms with E-state index in [0.29, 0.717) is 21.9 Å². The Morgan fingerprint density at radius 3 is 2.68 bits per heavy atom. The summed E-state index contributed by atoms with van der Waals surface area (Å²) < 4.78 is 0. The number of carbonyl (C=O) groups is 1. The van der Waals surface area contributed by atoms with Crippen molar-refractivity contribution in [2.45, 2.75) is 24.8 Å². The quantitative estimate of drug-likeness (QED) is 0.542. The van der Waals surface area contributed by atoms with Crippen molar-refractivity contribution >= 4 is 45.6 Å². The number of hydrogen-bond donors (Lipinski definition) is 1. The first-order chi connectivity index (χ1) is 12.0. The van der Waals surface area contributed by atoms with E-state index >= 15 is 0 Å². The molecule has 2 N–H and O–H groups in total. The Bertz CT molecular complexity index is 862. The summed E-state index contributed by atoms with van der Waals surface area (Å²) in [5.74, 6) is 0.996. The minimum atomic E-state index is -0.0745. The average Bonchev–Trinajstić information content (AvgIpc) is 3.01. The zero-order chi connectivity index (χ0) is 17.8. The molecule has 0 aliphatic carbocycles. The summed E-state index contributed by atoms with van der Waals surface area (Å²) in [6.45, 7) is 3.42. The number of aryl methyl sites for hydroxylation is 1. The van der Waals surface area contributed by atoms with Crippen LogP contribution in [0.15, 0.2) is 46.9 Å². The highest BCUT2D eigenvalue weighted by molar-refractivity contribution is 7.98. The highest BCUT2D eigenvalue weighted by atomic mass is 32.2. The van der Waals surface area contributed by atoms with E-state index < -0.39 is 0 Å². The number of nitrogen functional groups attached to an aromatic ring is 1. The smallest absolute Gasteiger partial charge is 0.230 e. The molecule has 1 amide bonds. The Kier molecular flexibility index (Phi) is 5.30. The minimum absolute atomic E-state index is 0.0745. The molecule has 0 bridgehead atoms. The predicted octanol–water partition coefficient (Wildman–Crippen LogP) is 3.80. The summed E-state index contributed by atoms with van der Waals surface area (Å²) in [5.41, 5.74) is 8.26. The number of hydrogen-bond acceptors (Lipinski definition) is 7. The molecule has 0 unspecified atom stereocenters. The van der Waals surface area contributed by atoms with Crippen LogP contribution in [-0.2, 0) is 10.5 Å². The van der Waals surface area contributed by atoms with Gasteiger partial charge in [-0.2, -0.15) is 0 Å². The second kappa shape index (κ2) is 7.62. The van der Waals surface area contributed by atoms with Crippen LogP contribution in [0.3, 0.4) is 0 Å². The summed E-state index contributed by atoms with van der Waals surface area (Å²) in [6, 6.07) is 11.2. The van der Waals surface area contributed by atoms with Gasteiger partial charge in [0.2, 0.25) is 5.91 Å². The van der Waals surface area contributed by atoms with E-state index in [1.54, 1.807) is 11.0 Å². The van der Waals surface area contributed by atoms with Crippen molar-refractivity contribution in [2.24, 2.45) is 0 Å². The van der Waals surface area contributed by atoms with Gasteiger partial charge in [-0.05, 0) is 19.1 Å². The Hall–Kier alpha value is -2.45. The molecule has 1 aromatic carbocycles. The Morgan fingerprint density at radius 1 is 1.24 bits per heavy atom. The summed E-state index contributed by atoms with van der Waals surface area (Å²) in [4.78, 5) is 26.8. The SMILES string of the molecule is CC(=O)N(c1ccccc1)c1nc(CSc2nc(C)cc(N)n2)cs1. The molecular weight excluding hydrogens is 354 g/mol. The lowest BCUT2D eigenvalue weighted by atomic mass is 10.3. The first kappa shape index (κ1) is 17.4. The van der Waals surface area contributed by atoms with Gasteiger partial charge in [-0.15, -0.1) is 11.3 Å². The van der Waals surface area contributed by atoms with Crippen molar-refractivity contribution in [2.75, 3.05) is 10.6 Å². The van der Waals surface area contributed by atoms with Gasteiger partial charge in [-0.25, -0.2) is 15.0 Å². The van der Waals surface area contributed by atoms with Crippen molar-refractivity contribution < 1.29 is 4.79 Å². The maximum atomic E-state index is 12.1. The van der Waals surface area contributed by atoms with Crippen LogP contribution in [0.4, 0.5) is 16.6 Å². The van der Waals surface area contributed by atoms with Crippen molar-refractivity contribution in [3.05, 3.63) is 53.2 Å². The molecule has 0 saturated carbocycles. The van der Waals surface area contributed by atoms with E-state index in [1.165, 1.54) is 30.0 Å². The number of thioether (sulfide) groups is 1. The lowest BCUT2D eigenvalue weighted by Gasteiger charge is -2.17. The van der Waals surface area contributed by atoms with E-state index in [-0.39, 0.29) is 5.91 Å². The van der Waals surface area contributed by atoms with Crippen molar-refractivity contribution in [3.63, 3.8) is 0 Å². The molecule has 0 aliphatic heterocycles. The van der Waals surface area contributed by atoms with E-state index in [9.17, 15) is 4.79 Å². The van der Waals surface area contributed by atoms with Gasteiger partial charge < -0.3 is 5.73 Å². The van der Waals surface area contributed by atoms with Crippen molar-refractivity contribution in [1.82, 2.24) is 15.0 Å². The highest BCUT2D eigenvalue weighted by Gasteiger charge is 2.17. The summed E-state index contributed by atoms with van der Waals surface area (Å²) >= 11 is 2.91. The van der Waals surface area contributed by atoms with Crippen LogP contribution < -0.4 is 10.6 Å². The number of nitrogens with two attached hydrogens (primary N) is 1. The number of carbonyl (C=O) groups excluding carboxylic acids is 1. The number of para-hydroxylation sites is 1. The van der Waals surface area contributed by atoms with E-state index in [2.05, 4.69) is 15.0 Å². The standard InChI is InChI=1S/C17H17N5OS2/c1-11-8-15(18)21-16(19-11)24-9-13-10-25-17(20-13)22(12(2)23)14-6-4-3-5-7-14/h3-8,10H,9H2,1-2H3,(H2,18,19,21). The zero-order valence-corrected chi connectivity index (χ0v) is 15.5. The monoisotopic (exact) mass is 371 g/mol. The summed E-state index contributed by atoms with van der Waals surface area (Å²) in [7, 11) is 0. The van der Waals surface area contributed by atoms with Crippen molar-refractivity contribution in [3.8, 4) is 0 Å². The fourth-order valence-corrected chi connectivity index (χ4v) is 4.03. The fraction of sp³-hybridized carbons (Fsp3) is 0.176. The zero-order valence-electron chi connectivity index (χ0n) is 13.8. The average molecular weight is 371 g/mol. The third-order valence-corrected chi connectivity index (χ3v) is 5.02. The van der Waals surface area contributed by atoms with E-state index in [1.807, 2.05) is 42.6 Å². The summed E-state index contributed by atoms with van der Waals surface area (Å²) in [6.07, 6.45) is 0. The fourth-order valence-electron chi connectivity index (χ4n) is 2.24. The van der Waals surface area contributed by atoms with Gasteiger partial charge in [0.05, 0.1) is 11.4 Å². The van der Waals surface area contributed by atoms with E-state index in [0.717, 1.165) is 17.1 Å². The second-order valence-corrected chi connectivity index (χ2v) is 7.10. The summed E-state index contributed by atoms with van der Waals surface area (Å²) in [5, 5.41) is 3.22. The molecule has 0 radical (unpaired) electrons. The number of amides is 1. The first-order valence-electron chi connectivity index (χ1n) is 7.57. The van der Waals surface area contributed by atoms with Crippen LogP contribution in [0.25, 0.3) is 0 Å². The lowest BCUT2D eigenvalue weighted by Crippen LogP contribution is -2.22. The van der Waals surface area contributed by atoms with Gasteiger partial charge in [0, 0.05) is 29.8 Å². The largest absolute Gasteiger partial charge is 0.384 e. The number of benzene rings is 1. The second-order valence-electron chi connectivity index (χ2n) is 5.32. The number of thiazole rings is 1. The number of aromatic nitrogens is 3. The van der Waals surface area contributed by atoms with Gasteiger partial charge in [0.1, 0.15) is 5.82 Å². The Labute approximate surface area is 154 Å². The molecule has 3 aromatic rings. The maximum Gasteiger partial charge on any atom is 0.230 e. The van der Waals surface area contributed by atoms with E-state index in [4.69, 9.17) is 5.73 Å². The lowest BCUT2D eigenvalue weighted by molar-refractivity contribution is -0.115. The third-order valence-electron chi connectivity index (χ3n) is 3.26. The van der Waals surface area contributed by atoms with Crippen LogP contribution in [0, 0.1) is 6.92 Å². The van der Waals surface area contributed by atoms with Crippen LogP contribution in [0.5, 0.6) is 0 Å². The molecule has 8 heteroatoms. The molecule has 2 aromatic heterocycles. The highest BCUT2D eigenvalue weighted by Crippen LogP contribution is 2.30. The molecular formula is C17H17N5OS2. The molecule has 128 valence electrons. The Balaban J connectivity index is 1.76.